The Balaban J connectivity index is 1.16. The van der Waals surface area contributed by atoms with Gasteiger partial charge in [0.1, 0.15) is 5.82 Å². The summed E-state index contributed by atoms with van der Waals surface area (Å²) in [5.74, 6) is 0.912. The van der Waals surface area contributed by atoms with E-state index in [-0.39, 0.29) is 23.3 Å². The summed E-state index contributed by atoms with van der Waals surface area (Å²) in [5.41, 5.74) is 1.61. The van der Waals surface area contributed by atoms with Gasteiger partial charge in [-0.15, -0.1) is 0 Å². The molecule has 0 unspecified atom stereocenters. The van der Waals surface area contributed by atoms with Gasteiger partial charge in [-0.2, -0.15) is 5.10 Å². The number of aliphatic hydroxyl groups is 1. The smallest absolute Gasteiger partial charge is 0.229 e. The molecule has 202 valence electrons. The van der Waals surface area contributed by atoms with Gasteiger partial charge in [-0.25, -0.2) is 4.98 Å². The number of anilines is 2. The zero-order chi connectivity index (χ0) is 26.6. The van der Waals surface area contributed by atoms with Crippen molar-refractivity contribution in [2.24, 2.45) is 18.9 Å². The number of fused-ring (bicyclic) bond motifs is 1. The van der Waals surface area contributed by atoms with E-state index in [2.05, 4.69) is 45.1 Å². The van der Waals surface area contributed by atoms with Crippen LogP contribution in [0.25, 0.3) is 10.8 Å². The van der Waals surface area contributed by atoms with Crippen LogP contribution in [0.15, 0.2) is 36.7 Å². The number of carbonyl (C=O) groups is 1. The Morgan fingerprint density at radius 2 is 2.03 bits per heavy atom. The third-order valence-electron chi connectivity index (χ3n) is 8.79. The van der Waals surface area contributed by atoms with Gasteiger partial charge in [0.05, 0.1) is 47.2 Å². The molecule has 1 aromatic carbocycles. The number of hydrogen-bond acceptors (Lipinski definition) is 7. The summed E-state index contributed by atoms with van der Waals surface area (Å²) in [7, 11) is 1.90. The van der Waals surface area contributed by atoms with E-state index in [1.54, 1.807) is 10.9 Å². The van der Waals surface area contributed by atoms with Crippen LogP contribution in [0.4, 0.5) is 11.5 Å². The standard InChI is InChI=1S/C28H35ClN6O3/c1-4-19-25(21-5-6-33(3)32-21)26(19)27(37)31-24-13-17-12-22(20(29)11-18(17)14-30-24)34-7-9-35(10-8-34)28(2)16-38-15-23(28)36/h5-6,11-14,19,23,25-26,36H,4,7-10,15-16H2,1-3H3,(H,30,31,37)/t19-,23-,25-,26+,28+/m1/s1. The molecule has 3 fully saturated rings. The number of nitrogens with zero attached hydrogens (tertiary/aromatic N) is 5. The lowest BCUT2D eigenvalue weighted by molar-refractivity contribution is -0.117. The monoisotopic (exact) mass is 538 g/mol. The molecule has 3 aliphatic rings. The second kappa shape index (κ2) is 9.79. The van der Waals surface area contributed by atoms with Crippen molar-refractivity contribution in [3.63, 3.8) is 0 Å². The first-order chi connectivity index (χ1) is 18.3. The number of aryl methyl sites for hydroxylation is 1. The molecule has 4 heterocycles. The number of hydrogen-bond donors (Lipinski definition) is 2. The maximum atomic E-state index is 13.2. The van der Waals surface area contributed by atoms with Crippen molar-refractivity contribution in [1.29, 1.82) is 0 Å². The minimum atomic E-state index is -0.470. The molecule has 1 aliphatic carbocycles. The van der Waals surface area contributed by atoms with Crippen LogP contribution in [0.2, 0.25) is 5.02 Å². The molecule has 5 atom stereocenters. The zero-order valence-corrected chi connectivity index (χ0v) is 22.9. The Morgan fingerprint density at radius 1 is 1.24 bits per heavy atom. The fraction of sp³-hybridized carbons (Fsp3) is 0.536. The predicted molar refractivity (Wildman–Crippen MR) is 148 cm³/mol. The molecular formula is C28H35ClN6O3. The van der Waals surface area contributed by atoms with Gasteiger partial charge >= 0.3 is 0 Å². The zero-order valence-electron chi connectivity index (χ0n) is 22.1. The minimum Gasteiger partial charge on any atom is -0.389 e. The Bertz CT molecular complexity index is 1360. The first kappa shape index (κ1) is 25.6. The second-order valence-corrected chi connectivity index (χ2v) is 11.5. The van der Waals surface area contributed by atoms with E-state index in [0.717, 1.165) is 54.8 Å². The molecule has 2 N–H and O–H groups in total. The van der Waals surface area contributed by atoms with Crippen LogP contribution in [0, 0.1) is 11.8 Å². The van der Waals surface area contributed by atoms with Gasteiger partial charge in [0.15, 0.2) is 0 Å². The van der Waals surface area contributed by atoms with Crippen molar-refractivity contribution in [2.45, 2.75) is 37.8 Å². The molecule has 6 rings (SSSR count). The summed E-state index contributed by atoms with van der Waals surface area (Å²) in [6.07, 6.45) is 4.16. The van der Waals surface area contributed by atoms with Crippen LogP contribution >= 0.6 is 11.6 Å². The summed E-state index contributed by atoms with van der Waals surface area (Å²) in [4.78, 5) is 22.3. The van der Waals surface area contributed by atoms with Gasteiger partial charge in [0.25, 0.3) is 0 Å². The SMILES string of the molecule is CC[C@H]1[C@H](C(=O)Nc2cc3cc(N4CCN([C@@]5(C)COC[C@H]5O)CC4)c(Cl)cc3cn2)[C@H]1c1ccn(C)n1. The summed E-state index contributed by atoms with van der Waals surface area (Å²) in [5, 5.41) is 20.6. The highest BCUT2D eigenvalue weighted by atomic mass is 35.5. The molecule has 10 heteroatoms. The average Bonchev–Trinajstić information content (AvgIpc) is 3.33. The quantitative estimate of drug-likeness (QED) is 0.497. The molecule has 3 aromatic rings. The molecular weight excluding hydrogens is 504 g/mol. The molecule has 0 bridgehead atoms. The van der Waals surface area contributed by atoms with E-state index < -0.39 is 6.10 Å². The van der Waals surface area contributed by atoms with Crippen molar-refractivity contribution in [1.82, 2.24) is 19.7 Å². The number of amides is 1. The topological polar surface area (TPSA) is 95.8 Å². The number of piperazine rings is 1. The van der Waals surface area contributed by atoms with Crippen LogP contribution in [0.3, 0.4) is 0 Å². The fourth-order valence-electron chi connectivity index (χ4n) is 6.34. The van der Waals surface area contributed by atoms with E-state index in [0.29, 0.717) is 30.0 Å². The van der Waals surface area contributed by atoms with Crippen molar-refractivity contribution >= 4 is 39.8 Å². The summed E-state index contributed by atoms with van der Waals surface area (Å²) < 4.78 is 7.32. The molecule has 9 nitrogen and oxygen atoms in total. The van der Waals surface area contributed by atoms with Gasteiger partial charge in [0.2, 0.25) is 5.91 Å². The molecule has 1 saturated carbocycles. The van der Waals surface area contributed by atoms with E-state index >= 15 is 0 Å². The number of carbonyl (C=O) groups excluding carboxylic acids is 1. The maximum absolute atomic E-state index is 13.2. The molecule has 2 aromatic heterocycles. The van der Waals surface area contributed by atoms with Crippen molar-refractivity contribution in [3.8, 4) is 0 Å². The Labute approximate surface area is 227 Å². The first-order valence-corrected chi connectivity index (χ1v) is 13.8. The van der Waals surface area contributed by atoms with Crippen LogP contribution in [0.1, 0.15) is 31.9 Å². The highest BCUT2D eigenvalue weighted by molar-refractivity contribution is 6.34. The Hall–Kier alpha value is -2.72. The molecule has 0 radical (unpaired) electrons. The largest absolute Gasteiger partial charge is 0.389 e. The number of halogens is 1. The number of ether oxygens (including phenoxy) is 1. The number of benzene rings is 1. The summed E-state index contributed by atoms with van der Waals surface area (Å²) in [6, 6.07) is 7.96. The van der Waals surface area contributed by atoms with E-state index in [1.807, 2.05) is 31.4 Å². The molecule has 38 heavy (non-hydrogen) atoms. The third kappa shape index (κ3) is 4.45. The van der Waals surface area contributed by atoms with Crippen molar-refractivity contribution in [2.75, 3.05) is 49.6 Å². The van der Waals surface area contributed by atoms with E-state index in [4.69, 9.17) is 16.3 Å². The van der Waals surface area contributed by atoms with Crippen LogP contribution in [-0.4, -0.2) is 81.7 Å². The Kier molecular flexibility index (Phi) is 6.58. The Morgan fingerprint density at radius 3 is 2.68 bits per heavy atom. The van der Waals surface area contributed by atoms with Gasteiger partial charge in [-0.05, 0) is 42.5 Å². The highest BCUT2D eigenvalue weighted by Crippen LogP contribution is 2.55. The minimum absolute atomic E-state index is 0.00348. The van der Waals surface area contributed by atoms with Crippen LogP contribution in [0.5, 0.6) is 0 Å². The van der Waals surface area contributed by atoms with Crippen molar-refractivity contribution < 1.29 is 14.6 Å². The van der Waals surface area contributed by atoms with E-state index in [9.17, 15) is 9.90 Å². The lowest BCUT2D eigenvalue weighted by Gasteiger charge is -2.45. The molecule has 0 spiro atoms. The fourth-order valence-corrected chi connectivity index (χ4v) is 6.63. The summed E-state index contributed by atoms with van der Waals surface area (Å²) in [6.45, 7) is 8.39. The lowest BCUT2D eigenvalue weighted by atomic mass is 9.95. The van der Waals surface area contributed by atoms with Crippen molar-refractivity contribution in [3.05, 3.63) is 47.4 Å². The number of aromatic nitrogens is 3. The van der Waals surface area contributed by atoms with Crippen LogP contribution in [-0.2, 0) is 16.6 Å². The highest BCUT2D eigenvalue weighted by Gasteiger charge is 2.55. The second-order valence-electron chi connectivity index (χ2n) is 11.1. The van der Waals surface area contributed by atoms with Gasteiger partial charge < -0.3 is 20.1 Å². The number of pyridine rings is 1. The number of nitrogens with one attached hydrogen (secondary N) is 1. The predicted octanol–water partition coefficient (Wildman–Crippen LogP) is 3.27. The average molecular weight is 539 g/mol. The summed E-state index contributed by atoms with van der Waals surface area (Å²) >= 11 is 6.71. The van der Waals surface area contributed by atoms with Gasteiger partial charge in [-0.3, -0.25) is 14.4 Å². The van der Waals surface area contributed by atoms with Gasteiger partial charge in [0, 0.05) is 56.9 Å². The third-order valence-corrected chi connectivity index (χ3v) is 9.09. The molecule has 2 aliphatic heterocycles. The molecule has 2 saturated heterocycles. The first-order valence-electron chi connectivity index (χ1n) is 13.4. The van der Waals surface area contributed by atoms with Crippen LogP contribution < -0.4 is 10.2 Å². The maximum Gasteiger partial charge on any atom is 0.229 e. The number of aliphatic hydroxyl groups excluding tert-OH is 1. The number of rotatable bonds is 6. The lowest BCUT2D eigenvalue weighted by Crippen LogP contribution is -2.60. The molecule has 1 amide bonds. The van der Waals surface area contributed by atoms with E-state index in [1.165, 1.54) is 0 Å². The normalized spacial score (nSPS) is 29.7. The van der Waals surface area contributed by atoms with Gasteiger partial charge in [-0.1, -0.05) is 24.9 Å².